The summed E-state index contributed by atoms with van der Waals surface area (Å²) in [5, 5.41) is 0. The lowest BCUT2D eigenvalue weighted by molar-refractivity contribution is 0.242. The molecule has 0 saturated heterocycles. The average Bonchev–Trinajstić information content (AvgIpc) is 3.12. The third-order valence-electron chi connectivity index (χ3n) is 4.86. The highest BCUT2D eigenvalue weighted by Crippen LogP contribution is 2.30. The molecule has 1 aliphatic rings. The standard InChI is InChI=1S/C22H25N3O3S/c1-16(2)28-17-10-12-18(13-11-17)29(26,27)24-20-8-4-3-7-19(20)21-15-25-14-6-5-9-22(25)23-21/h3-4,7-8,10-13,15-16,24H,5-6,9,14H2,1-2H3. The van der Waals surface area contributed by atoms with E-state index >= 15 is 0 Å². The zero-order valence-corrected chi connectivity index (χ0v) is 17.4. The number of para-hydroxylation sites is 1. The Morgan fingerprint density at radius 1 is 1.07 bits per heavy atom. The molecule has 0 aliphatic carbocycles. The number of aryl methyl sites for hydroxylation is 2. The number of benzene rings is 2. The highest BCUT2D eigenvalue weighted by molar-refractivity contribution is 7.92. The number of rotatable bonds is 6. The van der Waals surface area contributed by atoms with Crippen LogP contribution in [0.15, 0.2) is 59.6 Å². The molecule has 152 valence electrons. The van der Waals surface area contributed by atoms with Crippen LogP contribution in [0, 0.1) is 0 Å². The number of hydrogen-bond acceptors (Lipinski definition) is 4. The molecule has 1 N–H and O–H groups in total. The van der Waals surface area contributed by atoms with Crippen LogP contribution in [-0.2, 0) is 23.0 Å². The van der Waals surface area contributed by atoms with Crippen molar-refractivity contribution in [3.8, 4) is 17.0 Å². The molecule has 0 bridgehead atoms. The molecule has 2 heterocycles. The van der Waals surface area contributed by atoms with E-state index in [9.17, 15) is 8.42 Å². The van der Waals surface area contributed by atoms with E-state index in [1.54, 1.807) is 30.3 Å². The number of anilines is 1. The summed E-state index contributed by atoms with van der Waals surface area (Å²) in [6, 6.07) is 13.8. The fourth-order valence-electron chi connectivity index (χ4n) is 3.51. The molecule has 0 unspecified atom stereocenters. The van der Waals surface area contributed by atoms with Crippen LogP contribution in [-0.4, -0.2) is 24.1 Å². The molecular weight excluding hydrogens is 386 g/mol. The summed E-state index contributed by atoms with van der Waals surface area (Å²) in [6.45, 7) is 4.81. The third-order valence-corrected chi connectivity index (χ3v) is 6.24. The molecule has 2 aromatic carbocycles. The molecule has 4 rings (SSSR count). The topological polar surface area (TPSA) is 73.2 Å². The van der Waals surface area contributed by atoms with Gasteiger partial charge in [-0.1, -0.05) is 18.2 Å². The zero-order chi connectivity index (χ0) is 20.4. The monoisotopic (exact) mass is 411 g/mol. The molecule has 29 heavy (non-hydrogen) atoms. The van der Waals surface area contributed by atoms with Crippen molar-refractivity contribution in [3.05, 3.63) is 60.6 Å². The Hall–Kier alpha value is -2.80. The molecule has 0 radical (unpaired) electrons. The van der Waals surface area contributed by atoms with E-state index in [1.165, 1.54) is 0 Å². The third kappa shape index (κ3) is 4.29. The fourth-order valence-corrected chi connectivity index (χ4v) is 4.59. The van der Waals surface area contributed by atoms with Crippen LogP contribution in [0.25, 0.3) is 11.3 Å². The Bertz CT molecular complexity index is 1080. The Kier molecular flexibility index (Phi) is 5.32. The second kappa shape index (κ2) is 7.91. The van der Waals surface area contributed by atoms with E-state index in [4.69, 9.17) is 9.72 Å². The van der Waals surface area contributed by atoms with Crippen molar-refractivity contribution in [2.45, 2.75) is 50.7 Å². The first kappa shape index (κ1) is 19.5. The number of ether oxygens (including phenoxy) is 1. The maximum absolute atomic E-state index is 12.9. The van der Waals surface area contributed by atoms with Gasteiger partial charge in [0.15, 0.2) is 0 Å². The van der Waals surface area contributed by atoms with Crippen LogP contribution in [0.5, 0.6) is 5.75 Å². The molecule has 0 atom stereocenters. The van der Waals surface area contributed by atoms with Crippen molar-refractivity contribution in [2.24, 2.45) is 0 Å². The van der Waals surface area contributed by atoms with E-state index in [1.807, 2.05) is 38.2 Å². The first-order valence-corrected chi connectivity index (χ1v) is 11.4. The van der Waals surface area contributed by atoms with Crippen molar-refractivity contribution >= 4 is 15.7 Å². The van der Waals surface area contributed by atoms with Gasteiger partial charge in [-0.15, -0.1) is 0 Å². The molecular formula is C22H25N3O3S. The number of hydrogen-bond donors (Lipinski definition) is 1. The number of imidazole rings is 1. The van der Waals surface area contributed by atoms with Crippen LogP contribution in [0.4, 0.5) is 5.69 Å². The summed E-state index contributed by atoms with van der Waals surface area (Å²) >= 11 is 0. The number of sulfonamides is 1. The second-order valence-electron chi connectivity index (χ2n) is 7.48. The Morgan fingerprint density at radius 3 is 2.55 bits per heavy atom. The second-order valence-corrected chi connectivity index (χ2v) is 9.16. The quantitative estimate of drug-likeness (QED) is 0.649. The van der Waals surface area contributed by atoms with Crippen LogP contribution in [0.3, 0.4) is 0 Å². The summed E-state index contributed by atoms with van der Waals surface area (Å²) in [5.74, 6) is 1.70. The lowest BCUT2D eigenvalue weighted by Gasteiger charge is -2.13. The Morgan fingerprint density at radius 2 is 1.83 bits per heavy atom. The van der Waals surface area contributed by atoms with Gasteiger partial charge < -0.3 is 9.30 Å². The summed E-state index contributed by atoms with van der Waals surface area (Å²) < 4.78 is 36.4. The minimum absolute atomic E-state index is 0.0307. The fraction of sp³-hybridized carbons (Fsp3) is 0.318. The van der Waals surface area contributed by atoms with Crippen molar-refractivity contribution in [3.63, 3.8) is 0 Å². The van der Waals surface area contributed by atoms with Crippen molar-refractivity contribution in [2.75, 3.05) is 4.72 Å². The Balaban J connectivity index is 1.62. The molecule has 0 fully saturated rings. The molecule has 1 aromatic heterocycles. The highest BCUT2D eigenvalue weighted by Gasteiger charge is 2.19. The van der Waals surface area contributed by atoms with Gasteiger partial charge in [-0.3, -0.25) is 4.72 Å². The molecule has 1 aliphatic heterocycles. The number of nitrogens with zero attached hydrogens (tertiary/aromatic N) is 2. The maximum atomic E-state index is 12.9. The predicted octanol–water partition coefficient (Wildman–Crippen LogP) is 4.47. The smallest absolute Gasteiger partial charge is 0.261 e. The van der Waals surface area contributed by atoms with E-state index in [0.29, 0.717) is 11.4 Å². The van der Waals surface area contributed by atoms with Gasteiger partial charge in [-0.25, -0.2) is 13.4 Å². The normalized spacial score (nSPS) is 13.9. The Labute approximate surface area is 171 Å². The van der Waals surface area contributed by atoms with Gasteiger partial charge in [0, 0.05) is 24.7 Å². The van der Waals surface area contributed by atoms with Gasteiger partial charge in [-0.2, -0.15) is 0 Å². The summed E-state index contributed by atoms with van der Waals surface area (Å²) in [6.07, 6.45) is 5.29. The first-order chi connectivity index (χ1) is 13.9. The largest absolute Gasteiger partial charge is 0.491 e. The van der Waals surface area contributed by atoms with E-state index in [0.717, 1.165) is 42.9 Å². The van der Waals surface area contributed by atoms with Crippen molar-refractivity contribution < 1.29 is 13.2 Å². The minimum Gasteiger partial charge on any atom is -0.491 e. The van der Waals surface area contributed by atoms with Crippen LogP contribution in [0.2, 0.25) is 0 Å². The van der Waals surface area contributed by atoms with Gasteiger partial charge in [0.1, 0.15) is 11.6 Å². The van der Waals surface area contributed by atoms with Gasteiger partial charge in [0.2, 0.25) is 0 Å². The lowest BCUT2D eigenvalue weighted by atomic mass is 10.1. The van der Waals surface area contributed by atoms with Gasteiger partial charge in [-0.05, 0) is 57.0 Å². The predicted molar refractivity (Wildman–Crippen MR) is 114 cm³/mol. The van der Waals surface area contributed by atoms with Crippen LogP contribution >= 0.6 is 0 Å². The highest BCUT2D eigenvalue weighted by atomic mass is 32.2. The molecule has 0 spiro atoms. The van der Waals surface area contributed by atoms with Gasteiger partial charge in [0.05, 0.1) is 22.4 Å². The SMILES string of the molecule is CC(C)Oc1ccc(S(=O)(=O)Nc2ccccc2-c2cn3c(n2)CCCC3)cc1. The summed E-state index contributed by atoms with van der Waals surface area (Å²) in [4.78, 5) is 4.92. The molecule has 0 saturated carbocycles. The minimum atomic E-state index is -3.73. The first-order valence-electron chi connectivity index (χ1n) is 9.87. The van der Waals surface area contributed by atoms with Crippen LogP contribution < -0.4 is 9.46 Å². The maximum Gasteiger partial charge on any atom is 0.261 e. The number of aromatic nitrogens is 2. The summed E-state index contributed by atoms with van der Waals surface area (Å²) in [7, 11) is -3.73. The molecule has 7 heteroatoms. The molecule has 6 nitrogen and oxygen atoms in total. The van der Waals surface area contributed by atoms with Gasteiger partial charge >= 0.3 is 0 Å². The van der Waals surface area contributed by atoms with Gasteiger partial charge in [0.25, 0.3) is 10.0 Å². The lowest BCUT2D eigenvalue weighted by Crippen LogP contribution is -2.14. The van der Waals surface area contributed by atoms with Crippen molar-refractivity contribution in [1.82, 2.24) is 9.55 Å². The number of fused-ring (bicyclic) bond motifs is 1. The van der Waals surface area contributed by atoms with Crippen molar-refractivity contribution in [1.29, 1.82) is 0 Å². The summed E-state index contributed by atoms with van der Waals surface area (Å²) in [5.41, 5.74) is 2.09. The average molecular weight is 412 g/mol. The molecule has 3 aromatic rings. The van der Waals surface area contributed by atoms with E-state index in [-0.39, 0.29) is 11.0 Å². The molecule has 0 amide bonds. The van der Waals surface area contributed by atoms with Crippen LogP contribution in [0.1, 0.15) is 32.5 Å². The zero-order valence-electron chi connectivity index (χ0n) is 16.6. The number of nitrogens with one attached hydrogen (secondary N) is 1. The van der Waals surface area contributed by atoms with E-state index in [2.05, 4.69) is 9.29 Å². The van der Waals surface area contributed by atoms with E-state index < -0.39 is 10.0 Å².